The fourth-order valence-electron chi connectivity index (χ4n) is 2.58. The first-order valence-corrected chi connectivity index (χ1v) is 8.99. The van der Waals surface area contributed by atoms with Gasteiger partial charge in [0, 0.05) is 12.2 Å². The summed E-state index contributed by atoms with van der Waals surface area (Å²) in [5, 5.41) is 2.83. The first kappa shape index (κ1) is 20.5. The van der Waals surface area contributed by atoms with Crippen LogP contribution in [0.5, 0.6) is 5.75 Å². The summed E-state index contributed by atoms with van der Waals surface area (Å²) in [6, 6.07) is 14.5. The summed E-state index contributed by atoms with van der Waals surface area (Å²) < 4.78 is 10.4. The van der Waals surface area contributed by atoms with Crippen LogP contribution < -0.4 is 10.1 Å². The zero-order valence-corrected chi connectivity index (χ0v) is 16.0. The summed E-state index contributed by atoms with van der Waals surface area (Å²) in [5.74, 6) is 0.352. The average molecular weight is 370 g/mol. The molecule has 0 unspecified atom stereocenters. The molecule has 0 radical (unpaired) electrons. The monoisotopic (exact) mass is 370 g/mol. The zero-order chi connectivity index (χ0) is 19.6. The number of benzene rings is 2. The maximum atomic E-state index is 12.2. The Morgan fingerprint density at radius 2 is 1.63 bits per heavy atom. The molecule has 27 heavy (non-hydrogen) atoms. The molecule has 0 heterocycles. The molecule has 0 aromatic heterocycles. The minimum absolute atomic E-state index is 0.118. The highest BCUT2D eigenvalue weighted by molar-refractivity contribution is 5.94. The summed E-state index contributed by atoms with van der Waals surface area (Å²) in [5.41, 5.74) is 2.21. The van der Waals surface area contributed by atoms with Gasteiger partial charge in [-0.2, -0.15) is 0 Å². The van der Waals surface area contributed by atoms with Crippen molar-refractivity contribution in [2.24, 2.45) is 0 Å². The van der Waals surface area contributed by atoms with Gasteiger partial charge in [-0.25, -0.2) is 4.79 Å². The Morgan fingerprint density at radius 1 is 0.963 bits per heavy atom. The number of carbonyl (C=O) groups is 2. The molecule has 0 saturated carbocycles. The molecule has 0 fully saturated rings. The first-order valence-electron chi connectivity index (χ1n) is 8.99. The maximum absolute atomic E-state index is 12.2. The first-order chi connectivity index (χ1) is 13.0. The van der Waals surface area contributed by atoms with E-state index >= 15 is 0 Å². The summed E-state index contributed by atoms with van der Waals surface area (Å²) >= 11 is 0. The molecule has 2 rings (SSSR count). The van der Waals surface area contributed by atoms with Crippen molar-refractivity contribution in [2.75, 3.05) is 32.1 Å². The van der Waals surface area contributed by atoms with Gasteiger partial charge in [0.1, 0.15) is 5.75 Å². The van der Waals surface area contributed by atoms with Crippen molar-refractivity contribution in [3.8, 4) is 5.75 Å². The van der Waals surface area contributed by atoms with E-state index in [-0.39, 0.29) is 18.4 Å². The third-order valence-corrected chi connectivity index (χ3v) is 3.78. The topological polar surface area (TPSA) is 67.9 Å². The Hall–Kier alpha value is -2.86. The Balaban J connectivity index is 1.82. The predicted molar refractivity (Wildman–Crippen MR) is 105 cm³/mol. The van der Waals surface area contributed by atoms with E-state index < -0.39 is 0 Å². The van der Waals surface area contributed by atoms with Gasteiger partial charge in [-0.15, -0.1) is 0 Å². The number of carbonyl (C=O) groups excluding carboxylic acids is 2. The lowest BCUT2D eigenvalue weighted by Crippen LogP contribution is -2.29. The van der Waals surface area contributed by atoms with Crippen molar-refractivity contribution in [3.05, 3.63) is 59.7 Å². The van der Waals surface area contributed by atoms with Crippen LogP contribution in [0.15, 0.2) is 48.5 Å². The van der Waals surface area contributed by atoms with E-state index in [9.17, 15) is 9.59 Å². The molecular formula is C21H26N2O4. The molecule has 2 aromatic carbocycles. The quantitative estimate of drug-likeness (QED) is 0.686. The van der Waals surface area contributed by atoms with Gasteiger partial charge in [0.25, 0.3) is 0 Å². The smallest absolute Gasteiger partial charge is 0.338 e. The SMILES string of the molecule is CCOC(=O)c1ccc(NC(=O)CN(C)Cc2ccc(OCC)cc2)cc1. The minimum atomic E-state index is -0.370. The fourth-order valence-corrected chi connectivity index (χ4v) is 2.58. The van der Waals surface area contributed by atoms with Gasteiger partial charge in [-0.3, -0.25) is 9.69 Å². The number of likely N-dealkylation sites (N-methyl/N-ethyl adjacent to an activating group) is 1. The van der Waals surface area contributed by atoms with Gasteiger partial charge in [0.2, 0.25) is 5.91 Å². The molecule has 2 aromatic rings. The molecule has 6 heteroatoms. The Kier molecular flexibility index (Phi) is 7.82. The molecule has 0 aliphatic heterocycles. The number of nitrogens with zero attached hydrogens (tertiary/aromatic N) is 1. The van der Waals surface area contributed by atoms with Crippen LogP contribution in [0.25, 0.3) is 0 Å². The van der Waals surface area contributed by atoms with Crippen LogP contribution in [0.4, 0.5) is 5.69 Å². The molecule has 0 atom stereocenters. The number of anilines is 1. The second-order valence-corrected chi connectivity index (χ2v) is 6.10. The summed E-state index contributed by atoms with van der Waals surface area (Å²) in [7, 11) is 1.89. The van der Waals surface area contributed by atoms with Crippen LogP contribution in [-0.2, 0) is 16.1 Å². The zero-order valence-electron chi connectivity index (χ0n) is 16.0. The van der Waals surface area contributed by atoms with Gasteiger partial charge in [-0.1, -0.05) is 12.1 Å². The Bertz CT molecular complexity index is 742. The molecule has 1 amide bonds. The highest BCUT2D eigenvalue weighted by atomic mass is 16.5. The molecule has 1 N–H and O–H groups in total. The van der Waals surface area contributed by atoms with Gasteiger partial charge in [-0.05, 0) is 62.9 Å². The van der Waals surface area contributed by atoms with E-state index in [0.29, 0.717) is 31.0 Å². The van der Waals surface area contributed by atoms with Crippen LogP contribution in [-0.4, -0.2) is 43.6 Å². The number of esters is 1. The largest absolute Gasteiger partial charge is 0.494 e. The van der Waals surface area contributed by atoms with E-state index in [4.69, 9.17) is 9.47 Å². The summed E-state index contributed by atoms with van der Waals surface area (Å²) in [4.78, 5) is 25.8. The number of hydrogen-bond donors (Lipinski definition) is 1. The van der Waals surface area contributed by atoms with Crippen molar-refractivity contribution in [1.82, 2.24) is 4.90 Å². The van der Waals surface area contributed by atoms with Crippen molar-refractivity contribution in [2.45, 2.75) is 20.4 Å². The number of nitrogens with one attached hydrogen (secondary N) is 1. The molecule has 0 bridgehead atoms. The van der Waals surface area contributed by atoms with Crippen LogP contribution in [0.3, 0.4) is 0 Å². The summed E-state index contributed by atoms with van der Waals surface area (Å²) in [6.07, 6.45) is 0. The standard InChI is InChI=1S/C21H26N2O4/c1-4-26-19-12-6-16(7-13-19)14-23(3)15-20(24)22-18-10-8-17(9-11-18)21(25)27-5-2/h6-13H,4-5,14-15H2,1-3H3,(H,22,24). The van der Waals surface area contributed by atoms with Crippen molar-refractivity contribution in [1.29, 1.82) is 0 Å². The van der Waals surface area contributed by atoms with Gasteiger partial charge in [0.15, 0.2) is 0 Å². The molecular weight excluding hydrogens is 344 g/mol. The lowest BCUT2D eigenvalue weighted by molar-refractivity contribution is -0.117. The average Bonchev–Trinajstić information content (AvgIpc) is 2.64. The second kappa shape index (κ2) is 10.3. The van der Waals surface area contributed by atoms with E-state index in [2.05, 4.69) is 5.32 Å². The number of ether oxygens (including phenoxy) is 2. The molecule has 0 spiro atoms. The Morgan fingerprint density at radius 3 is 2.22 bits per heavy atom. The van der Waals surface area contributed by atoms with E-state index in [1.165, 1.54) is 0 Å². The van der Waals surface area contributed by atoms with E-state index in [1.54, 1.807) is 31.2 Å². The predicted octanol–water partition coefficient (Wildman–Crippen LogP) is 3.33. The number of amides is 1. The van der Waals surface area contributed by atoms with E-state index in [0.717, 1.165) is 11.3 Å². The molecule has 0 aliphatic carbocycles. The van der Waals surface area contributed by atoms with Gasteiger partial charge < -0.3 is 14.8 Å². The summed E-state index contributed by atoms with van der Waals surface area (Å²) in [6.45, 7) is 5.59. The highest BCUT2D eigenvalue weighted by Gasteiger charge is 2.10. The number of hydrogen-bond acceptors (Lipinski definition) is 5. The fraction of sp³-hybridized carbons (Fsp3) is 0.333. The van der Waals surface area contributed by atoms with Crippen LogP contribution in [0, 0.1) is 0 Å². The second-order valence-electron chi connectivity index (χ2n) is 6.10. The van der Waals surface area contributed by atoms with Gasteiger partial charge in [0.05, 0.1) is 25.3 Å². The van der Waals surface area contributed by atoms with Crippen molar-refractivity contribution >= 4 is 17.6 Å². The molecule has 144 valence electrons. The van der Waals surface area contributed by atoms with Crippen molar-refractivity contribution < 1.29 is 19.1 Å². The minimum Gasteiger partial charge on any atom is -0.494 e. The highest BCUT2D eigenvalue weighted by Crippen LogP contribution is 2.14. The van der Waals surface area contributed by atoms with Gasteiger partial charge >= 0.3 is 5.97 Å². The molecule has 0 aliphatic rings. The molecule has 0 saturated heterocycles. The van der Waals surface area contributed by atoms with Crippen LogP contribution >= 0.6 is 0 Å². The lowest BCUT2D eigenvalue weighted by atomic mass is 10.2. The number of rotatable bonds is 9. The third-order valence-electron chi connectivity index (χ3n) is 3.78. The Labute approximate surface area is 160 Å². The van der Waals surface area contributed by atoms with Crippen molar-refractivity contribution in [3.63, 3.8) is 0 Å². The van der Waals surface area contributed by atoms with E-state index in [1.807, 2.05) is 43.1 Å². The third kappa shape index (κ3) is 6.75. The maximum Gasteiger partial charge on any atom is 0.338 e. The normalized spacial score (nSPS) is 10.5. The molecule has 6 nitrogen and oxygen atoms in total. The lowest BCUT2D eigenvalue weighted by Gasteiger charge is -2.16. The van der Waals surface area contributed by atoms with Crippen LogP contribution in [0.2, 0.25) is 0 Å². The van der Waals surface area contributed by atoms with Crippen LogP contribution in [0.1, 0.15) is 29.8 Å².